The van der Waals surface area contributed by atoms with E-state index in [2.05, 4.69) is 22.5 Å². The van der Waals surface area contributed by atoms with Crippen molar-refractivity contribution in [1.82, 2.24) is 4.98 Å². The van der Waals surface area contributed by atoms with Crippen molar-refractivity contribution in [2.24, 2.45) is 11.8 Å². The molecule has 1 fully saturated rings. The normalized spacial score (nSPS) is 18.5. The summed E-state index contributed by atoms with van der Waals surface area (Å²) in [7, 11) is 0. The Labute approximate surface area is 151 Å². The number of carbonyl (C=O) groups excluding carboxylic acids is 2. The maximum Gasteiger partial charge on any atom is 0.255 e. The molecule has 1 aliphatic rings. The van der Waals surface area contributed by atoms with E-state index in [4.69, 9.17) is 0 Å². The second-order valence-corrected chi connectivity index (χ2v) is 7.10. The predicted octanol–water partition coefficient (Wildman–Crippen LogP) is 4.32. The van der Waals surface area contributed by atoms with Gasteiger partial charge >= 0.3 is 0 Å². The Morgan fingerprint density at radius 2 is 1.81 bits per heavy atom. The van der Waals surface area contributed by atoms with Gasteiger partial charge in [0.2, 0.25) is 5.91 Å². The Kier molecular flexibility index (Phi) is 3.99. The van der Waals surface area contributed by atoms with Crippen molar-refractivity contribution in [3.63, 3.8) is 0 Å². The van der Waals surface area contributed by atoms with E-state index in [1.165, 1.54) is 0 Å². The SMILES string of the molecule is Cc1cc2cc(NC(=O)c3cccc(NC(=O)[C@H]4C[C@H]4C)c3)ccc2[nH]1. The number of aromatic nitrogens is 1. The molecule has 132 valence electrons. The van der Waals surface area contributed by atoms with Crippen LogP contribution in [0.4, 0.5) is 11.4 Å². The van der Waals surface area contributed by atoms with Crippen molar-refractivity contribution < 1.29 is 9.59 Å². The minimum Gasteiger partial charge on any atom is -0.359 e. The van der Waals surface area contributed by atoms with Gasteiger partial charge in [0.1, 0.15) is 0 Å². The minimum absolute atomic E-state index is 0.0309. The van der Waals surface area contributed by atoms with E-state index in [9.17, 15) is 9.59 Å². The molecule has 0 unspecified atom stereocenters. The number of carbonyl (C=O) groups is 2. The molecular formula is C21H21N3O2. The third kappa shape index (κ3) is 3.33. The molecule has 5 nitrogen and oxygen atoms in total. The van der Waals surface area contributed by atoms with Gasteiger partial charge in [0.05, 0.1) is 0 Å². The summed E-state index contributed by atoms with van der Waals surface area (Å²) in [6, 6.07) is 14.8. The van der Waals surface area contributed by atoms with Gasteiger partial charge in [-0.2, -0.15) is 0 Å². The van der Waals surface area contributed by atoms with Crippen LogP contribution in [0.5, 0.6) is 0 Å². The topological polar surface area (TPSA) is 74.0 Å². The molecule has 1 aliphatic carbocycles. The van der Waals surface area contributed by atoms with E-state index in [0.29, 0.717) is 17.2 Å². The van der Waals surface area contributed by atoms with Crippen LogP contribution in [0.25, 0.3) is 10.9 Å². The fraction of sp³-hybridized carbons (Fsp3) is 0.238. The van der Waals surface area contributed by atoms with Crippen molar-refractivity contribution in [3.05, 3.63) is 59.8 Å². The third-order valence-electron chi connectivity index (χ3n) is 4.85. The van der Waals surface area contributed by atoms with E-state index in [0.717, 1.165) is 28.7 Å². The van der Waals surface area contributed by atoms with Gasteiger partial charge in [0, 0.05) is 39.5 Å². The van der Waals surface area contributed by atoms with E-state index in [1.54, 1.807) is 24.3 Å². The smallest absolute Gasteiger partial charge is 0.255 e. The Bertz CT molecular complexity index is 1010. The average molecular weight is 347 g/mol. The first-order valence-corrected chi connectivity index (χ1v) is 8.81. The summed E-state index contributed by atoms with van der Waals surface area (Å²) in [5.74, 6) is 0.383. The first kappa shape index (κ1) is 16.4. The van der Waals surface area contributed by atoms with Crippen LogP contribution in [0, 0.1) is 18.8 Å². The number of aromatic amines is 1. The molecule has 1 saturated carbocycles. The zero-order valence-corrected chi connectivity index (χ0v) is 14.8. The average Bonchev–Trinajstić information content (AvgIpc) is 3.22. The summed E-state index contributed by atoms with van der Waals surface area (Å²) >= 11 is 0. The number of rotatable bonds is 4. The van der Waals surface area contributed by atoms with Gasteiger partial charge in [0.15, 0.2) is 0 Å². The highest BCUT2D eigenvalue weighted by Crippen LogP contribution is 2.38. The number of fused-ring (bicyclic) bond motifs is 1. The Morgan fingerprint density at radius 3 is 2.58 bits per heavy atom. The van der Waals surface area contributed by atoms with Crippen LogP contribution in [0.2, 0.25) is 0 Å². The lowest BCUT2D eigenvalue weighted by Crippen LogP contribution is -2.16. The molecule has 0 bridgehead atoms. The molecule has 0 aliphatic heterocycles. The van der Waals surface area contributed by atoms with Gasteiger partial charge in [0.25, 0.3) is 5.91 Å². The van der Waals surface area contributed by atoms with Crippen LogP contribution in [0.1, 0.15) is 29.4 Å². The van der Waals surface area contributed by atoms with Gasteiger partial charge in [-0.1, -0.05) is 13.0 Å². The molecule has 0 radical (unpaired) electrons. The maximum absolute atomic E-state index is 12.6. The van der Waals surface area contributed by atoms with Crippen LogP contribution < -0.4 is 10.6 Å². The number of benzene rings is 2. The number of anilines is 2. The molecule has 3 aromatic rings. The Hall–Kier alpha value is -3.08. The van der Waals surface area contributed by atoms with Gasteiger partial charge in [-0.15, -0.1) is 0 Å². The lowest BCUT2D eigenvalue weighted by molar-refractivity contribution is -0.117. The van der Waals surface area contributed by atoms with E-state index in [1.807, 2.05) is 31.2 Å². The molecule has 5 heteroatoms. The maximum atomic E-state index is 12.6. The highest BCUT2D eigenvalue weighted by Gasteiger charge is 2.39. The molecule has 2 atom stereocenters. The second kappa shape index (κ2) is 6.33. The number of amides is 2. The summed E-state index contributed by atoms with van der Waals surface area (Å²) in [5, 5.41) is 6.87. The summed E-state index contributed by atoms with van der Waals surface area (Å²) < 4.78 is 0. The van der Waals surface area contributed by atoms with Gasteiger partial charge in [-0.25, -0.2) is 0 Å². The summed E-state index contributed by atoms with van der Waals surface area (Å²) in [4.78, 5) is 27.9. The number of hydrogen-bond acceptors (Lipinski definition) is 2. The van der Waals surface area contributed by atoms with Gasteiger partial charge in [-0.05, 0) is 61.7 Å². The Balaban J connectivity index is 1.48. The molecule has 4 rings (SSSR count). The fourth-order valence-electron chi connectivity index (χ4n) is 3.22. The molecule has 0 saturated heterocycles. The van der Waals surface area contributed by atoms with Crippen LogP contribution in [-0.2, 0) is 4.79 Å². The van der Waals surface area contributed by atoms with Gasteiger partial charge < -0.3 is 15.6 Å². The first-order valence-electron chi connectivity index (χ1n) is 8.81. The lowest BCUT2D eigenvalue weighted by Gasteiger charge is -2.08. The van der Waals surface area contributed by atoms with Crippen molar-refractivity contribution in [2.45, 2.75) is 20.3 Å². The fourth-order valence-corrected chi connectivity index (χ4v) is 3.22. The molecule has 2 aromatic carbocycles. The summed E-state index contributed by atoms with van der Waals surface area (Å²) in [6.45, 7) is 4.07. The molecule has 26 heavy (non-hydrogen) atoms. The first-order chi connectivity index (χ1) is 12.5. The van der Waals surface area contributed by atoms with Gasteiger partial charge in [-0.3, -0.25) is 9.59 Å². The summed E-state index contributed by atoms with van der Waals surface area (Å²) in [5.41, 5.74) is 4.02. The van der Waals surface area contributed by atoms with Crippen LogP contribution in [-0.4, -0.2) is 16.8 Å². The van der Waals surface area contributed by atoms with Crippen molar-refractivity contribution >= 4 is 34.1 Å². The monoisotopic (exact) mass is 347 g/mol. The van der Waals surface area contributed by atoms with Crippen molar-refractivity contribution in [3.8, 4) is 0 Å². The zero-order valence-electron chi connectivity index (χ0n) is 14.8. The van der Waals surface area contributed by atoms with Crippen molar-refractivity contribution in [2.75, 3.05) is 10.6 Å². The summed E-state index contributed by atoms with van der Waals surface area (Å²) in [6.07, 6.45) is 0.938. The van der Waals surface area contributed by atoms with Crippen molar-refractivity contribution in [1.29, 1.82) is 0 Å². The van der Waals surface area contributed by atoms with E-state index in [-0.39, 0.29) is 17.7 Å². The highest BCUT2D eigenvalue weighted by atomic mass is 16.2. The van der Waals surface area contributed by atoms with Crippen LogP contribution in [0.15, 0.2) is 48.5 Å². The van der Waals surface area contributed by atoms with E-state index < -0.39 is 0 Å². The number of aryl methyl sites for hydroxylation is 1. The van der Waals surface area contributed by atoms with Crippen LogP contribution >= 0.6 is 0 Å². The number of hydrogen-bond donors (Lipinski definition) is 3. The zero-order chi connectivity index (χ0) is 18.3. The van der Waals surface area contributed by atoms with E-state index >= 15 is 0 Å². The van der Waals surface area contributed by atoms with Crippen LogP contribution in [0.3, 0.4) is 0 Å². The molecule has 1 heterocycles. The Morgan fingerprint density at radius 1 is 1.04 bits per heavy atom. The molecule has 0 spiro atoms. The predicted molar refractivity (Wildman–Crippen MR) is 103 cm³/mol. The molecular weight excluding hydrogens is 326 g/mol. The third-order valence-corrected chi connectivity index (χ3v) is 4.85. The standard InChI is InChI=1S/C21H21N3O2/c1-12-8-18(12)21(26)24-16-5-3-4-14(10-16)20(25)23-17-6-7-19-15(11-17)9-13(2)22-19/h3-7,9-12,18,22H,8H2,1-2H3,(H,23,25)(H,24,26)/t12-,18+/m1/s1. The lowest BCUT2D eigenvalue weighted by atomic mass is 10.1. The largest absolute Gasteiger partial charge is 0.359 e. The number of H-pyrrole nitrogens is 1. The molecule has 1 aromatic heterocycles. The number of nitrogens with one attached hydrogen (secondary N) is 3. The minimum atomic E-state index is -0.201. The highest BCUT2D eigenvalue weighted by molar-refractivity contribution is 6.06. The second-order valence-electron chi connectivity index (χ2n) is 7.10. The quantitative estimate of drug-likeness (QED) is 0.657. The molecule has 3 N–H and O–H groups in total. The molecule has 2 amide bonds.